The number of esters is 1. The summed E-state index contributed by atoms with van der Waals surface area (Å²) in [4.78, 5) is 10.8. The van der Waals surface area contributed by atoms with Crippen molar-refractivity contribution in [2.75, 3.05) is 6.61 Å². The van der Waals surface area contributed by atoms with Crippen molar-refractivity contribution < 1.29 is 9.53 Å². The monoisotopic (exact) mass is 194 g/mol. The highest BCUT2D eigenvalue weighted by Crippen LogP contribution is 2.00. The van der Waals surface area contributed by atoms with Crippen LogP contribution in [0.5, 0.6) is 0 Å². The maximum absolute atomic E-state index is 10.8. The normalized spacial score (nSPS) is 8.64. The number of rotatable bonds is 6. The first kappa shape index (κ1) is 12.8. The molecule has 0 radical (unpaired) electrons. The number of ether oxygens (including phenoxy) is 1. The summed E-state index contributed by atoms with van der Waals surface area (Å²) in [6.45, 7) is 5.84. The van der Waals surface area contributed by atoms with Crippen LogP contribution >= 0.6 is 0 Å². The predicted octanol–water partition coefficient (Wildman–Crippen LogP) is 2.69. The van der Waals surface area contributed by atoms with Crippen LogP contribution in [0.1, 0.15) is 39.0 Å². The Labute approximate surface area is 86.3 Å². The second kappa shape index (κ2) is 9.85. The summed E-state index contributed by atoms with van der Waals surface area (Å²) in [6.07, 6.45) is 7.02. The van der Waals surface area contributed by atoms with Gasteiger partial charge in [-0.2, -0.15) is 0 Å². The van der Waals surface area contributed by atoms with Crippen LogP contribution in [0, 0.1) is 11.8 Å². The number of unbranched alkanes of at least 4 members (excludes halogenated alkanes) is 4. The zero-order chi connectivity index (χ0) is 10.6. The number of carbonyl (C=O) groups excluding carboxylic acids is 1. The van der Waals surface area contributed by atoms with Crippen LogP contribution < -0.4 is 0 Å². The quantitative estimate of drug-likeness (QED) is 0.214. The molecule has 0 unspecified atom stereocenters. The zero-order valence-electron chi connectivity index (χ0n) is 8.84. The first-order valence-electron chi connectivity index (χ1n) is 5.07. The molecular weight excluding hydrogens is 176 g/mol. The average Bonchev–Trinajstić information content (AvgIpc) is 2.20. The first-order valence-corrected chi connectivity index (χ1v) is 5.07. The third kappa shape index (κ3) is 8.86. The number of hydrogen-bond acceptors (Lipinski definition) is 2. The van der Waals surface area contributed by atoms with Gasteiger partial charge in [0.05, 0.1) is 0 Å². The van der Waals surface area contributed by atoms with Crippen LogP contribution in [-0.2, 0) is 9.53 Å². The number of carbonyl (C=O) groups is 1. The largest absolute Gasteiger partial charge is 0.452 e. The Kier molecular flexibility index (Phi) is 8.99. The van der Waals surface area contributed by atoms with E-state index >= 15 is 0 Å². The van der Waals surface area contributed by atoms with E-state index in [0.29, 0.717) is 0 Å². The van der Waals surface area contributed by atoms with Crippen molar-refractivity contribution in [1.29, 1.82) is 0 Å². The van der Waals surface area contributed by atoms with Crippen LogP contribution in [-0.4, -0.2) is 12.6 Å². The SMILES string of the molecule is C=CCOC(=O)C#CCCCCCC. The van der Waals surface area contributed by atoms with E-state index in [1.54, 1.807) is 0 Å². The molecule has 0 bridgehead atoms. The molecule has 0 saturated heterocycles. The lowest BCUT2D eigenvalue weighted by molar-refractivity contribution is -0.135. The van der Waals surface area contributed by atoms with Crippen LogP contribution in [0.3, 0.4) is 0 Å². The van der Waals surface area contributed by atoms with Gasteiger partial charge in [0.1, 0.15) is 6.61 Å². The van der Waals surface area contributed by atoms with Crippen molar-refractivity contribution in [2.24, 2.45) is 0 Å². The Morgan fingerprint density at radius 3 is 2.86 bits per heavy atom. The van der Waals surface area contributed by atoms with Gasteiger partial charge in [-0.3, -0.25) is 0 Å². The summed E-state index contributed by atoms with van der Waals surface area (Å²) < 4.78 is 4.69. The van der Waals surface area contributed by atoms with Gasteiger partial charge >= 0.3 is 5.97 Å². The Hall–Kier alpha value is -1.23. The molecule has 0 N–H and O–H groups in total. The molecule has 0 fully saturated rings. The fraction of sp³-hybridized carbons (Fsp3) is 0.583. The standard InChI is InChI=1S/C12H18O2/c1-3-5-6-7-8-9-10-12(13)14-11-4-2/h4H,2-3,5-8,11H2,1H3. The van der Waals surface area contributed by atoms with Crippen molar-refractivity contribution in [1.82, 2.24) is 0 Å². The Morgan fingerprint density at radius 2 is 2.21 bits per heavy atom. The van der Waals surface area contributed by atoms with Gasteiger partial charge in [-0.1, -0.05) is 44.8 Å². The van der Waals surface area contributed by atoms with Gasteiger partial charge in [0, 0.05) is 12.3 Å². The van der Waals surface area contributed by atoms with Gasteiger partial charge in [0.25, 0.3) is 0 Å². The molecule has 0 aliphatic rings. The van der Waals surface area contributed by atoms with E-state index in [-0.39, 0.29) is 6.61 Å². The summed E-state index contributed by atoms with van der Waals surface area (Å²) in [5.41, 5.74) is 0. The molecule has 0 aliphatic carbocycles. The molecule has 0 aromatic rings. The topological polar surface area (TPSA) is 26.3 Å². The molecule has 78 valence electrons. The zero-order valence-corrected chi connectivity index (χ0v) is 8.84. The minimum Gasteiger partial charge on any atom is -0.452 e. The molecule has 0 rings (SSSR count). The smallest absolute Gasteiger partial charge is 0.384 e. The second-order valence-electron chi connectivity index (χ2n) is 3.00. The third-order valence-corrected chi connectivity index (χ3v) is 1.68. The van der Waals surface area contributed by atoms with Crippen molar-refractivity contribution in [2.45, 2.75) is 39.0 Å². The van der Waals surface area contributed by atoms with E-state index in [2.05, 4.69) is 30.1 Å². The summed E-state index contributed by atoms with van der Waals surface area (Å²) in [5.74, 6) is 4.77. The lowest BCUT2D eigenvalue weighted by atomic mass is 10.2. The Balaban J connectivity index is 3.40. The Morgan fingerprint density at radius 1 is 1.43 bits per heavy atom. The van der Waals surface area contributed by atoms with E-state index in [1.807, 2.05) is 0 Å². The van der Waals surface area contributed by atoms with Crippen molar-refractivity contribution >= 4 is 5.97 Å². The highest BCUT2D eigenvalue weighted by atomic mass is 16.5. The molecule has 0 aromatic carbocycles. The molecule has 0 atom stereocenters. The summed E-state index contributed by atoms with van der Waals surface area (Å²) in [6, 6.07) is 0. The maximum atomic E-state index is 10.8. The van der Waals surface area contributed by atoms with Gasteiger partial charge < -0.3 is 4.74 Å². The molecule has 0 spiro atoms. The fourth-order valence-corrected chi connectivity index (χ4v) is 0.946. The average molecular weight is 194 g/mol. The van der Waals surface area contributed by atoms with Crippen LogP contribution in [0.25, 0.3) is 0 Å². The molecule has 2 nitrogen and oxygen atoms in total. The predicted molar refractivity (Wildman–Crippen MR) is 57.7 cm³/mol. The summed E-state index contributed by atoms with van der Waals surface area (Å²) >= 11 is 0. The molecule has 0 saturated carbocycles. The molecule has 0 amide bonds. The van der Waals surface area contributed by atoms with Crippen LogP contribution in [0.4, 0.5) is 0 Å². The van der Waals surface area contributed by atoms with Gasteiger partial charge in [-0.05, 0) is 6.42 Å². The van der Waals surface area contributed by atoms with E-state index in [0.717, 1.165) is 12.8 Å². The molecule has 0 aliphatic heterocycles. The number of hydrogen-bond donors (Lipinski definition) is 0. The second-order valence-corrected chi connectivity index (χ2v) is 3.00. The lowest BCUT2D eigenvalue weighted by Crippen LogP contribution is -2.00. The van der Waals surface area contributed by atoms with Gasteiger partial charge in [-0.15, -0.1) is 0 Å². The molecule has 0 aromatic heterocycles. The van der Waals surface area contributed by atoms with Crippen molar-refractivity contribution in [3.63, 3.8) is 0 Å². The molecule has 0 heterocycles. The van der Waals surface area contributed by atoms with Gasteiger partial charge in [-0.25, -0.2) is 4.79 Å². The summed E-state index contributed by atoms with van der Waals surface area (Å²) in [7, 11) is 0. The van der Waals surface area contributed by atoms with Crippen LogP contribution in [0.15, 0.2) is 12.7 Å². The van der Waals surface area contributed by atoms with E-state index in [9.17, 15) is 4.79 Å². The third-order valence-electron chi connectivity index (χ3n) is 1.68. The minimum absolute atomic E-state index is 0.239. The molecule has 2 heteroatoms. The lowest BCUT2D eigenvalue weighted by Gasteiger charge is -1.93. The van der Waals surface area contributed by atoms with Crippen molar-refractivity contribution in [3.8, 4) is 11.8 Å². The maximum Gasteiger partial charge on any atom is 0.384 e. The fourth-order valence-electron chi connectivity index (χ4n) is 0.946. The van der Waals surface area contributed by atoms with E-state index in [4.69, 9.17) is 0 Å². The Bertz CT molecular complexity index is 220. The molecule has 14 heavy (non-hydrogen) atoms. The minimum atomic E-state index is -0.458. The van der Waals surface area contributed by atoms with Crippen LogP contribution in [0.2, 0.25) is 0 Å². The summed E-state index contributed by atoms with van der Waals surface area (Å²) in [5, 5.41) is 0. The van der Waals surface area contributed by atoms with E-state index in [1.165, 1.54) is 25.3 Å². The molecular formula is C12H18O2. The van der Waals surface area contributed by atoms with Crippen molar-refractivity contribution in [3.05, 3.63) is 12.7 Å². The van der Waals surface area contributed by atoms with Gasteiger partial charge in [0.15, 0.2) is 0 Å². The van der Waals surface area contributed by atoms with E-state index < -0.39 is 5.97 Å². The van der Waals surface area contributed by atoms with Gasteiger partial charge in [0.2, 0.25) is 0 Å². The first-order chi connectivity index (χ1) is 6.81. The highest BCUT2D eigenvalue weighted by molar-refractivity contribution is 5.88. The highest BCUT2D eigenvalue weighted by Gasteiger charge is 1.92.